The molecule has 3 nitrogen and oxygen atoms in total. The van der Waals surface area contributed by atoms with Gasteiger partial charge < -0.3 is 10.0 Å². The third-order valence-electron chi connectivity index (χ3n) is 1.88. The van der Waals surface area contributed by atoms with E-state index in [0.29, 0.717) is 6.54 Å². The summed E-state index contributed by atoms with van der Waals surface area (Å²) in [4.78, 5) is 6.10. The second kappa shape index (κ2) is 5.40. The fourth-order valence-electron chi connectivity index (χ4n) is 1.09. The molecule has 0 unspecified atom stereocenters. The third kappa shape index (κ3) is 3.18. The Morgan fingerprint density at radius 1 is 1.29 bits per heavy atom. The van der Waals surface area contributed by atoms with Gasteiger partial charge in [0.05, 0.1) is 13.2 Å². The molecule has 0 aliphatic rings. The maximum atomic E-state index is 8.54. The molecular formula is C11H16N2O. The van der Waals surface area contributed by atoms with E-state index >= 15 is 0 Å². The molecule has 0 saturated heterocycles. The SMILES string of the molecule is CN(C)c1ccc(C=NCCO)cc1. The van der Waals surface area contributed by atoms with Crippen LogP contribution >= 0.6 is 0 Å². The van der Waals surface area contributed by atoms with Crippen molar-refractivity contribution in [1.82, 2.24) is 0 Å². The lowest BCUT2D eigenvalue weighted by atomic mass is 10.2. The lowest BCUT2D eigenvalue weighted by Crippen LogP contribution is -2.08. The van der Waals surface area contributed by atoms with E-state index in [1.54, 1.807) is 6.21 Å². The monoisotopic (exact) mass is 192 g/mol. The smallest absolute Gasteiger partial charge is 0.0626 e. The molecule has 0 fully saturated rings. The van der Waals surface area contributed by atoms with Crippen molar-refractivity contribution in [3.63, 3.8) is 0 Å². The van der Waals surface area contributed by atoms with E-state index in [4.69, 9.17) is 5.11 Å². The van der Waals surface area contributed by atoms with Gasteiger partial charge in [0.25, 0.3) is 0 Å². The first-order valence-corrected chi connectivity index (χ1v) is 4.62. The summed E-state index contributed by atoms with van der Waals surface area (Å²) in [6, 6.07) is 8.10. The van der Waals surface area contributed by atoms with E-state index in [2.05, 4.69) is 9.89 Å². The molecule has 1 aromatic carbocycles. The molecule has 3 heteroatoms. The van der Waals surface area contributed by atoms with E-state index in [1.165, 1.54) is 5.69 Å². The highest BCUT2D eigenvalue weighted by molar-refractivity contribution is 5.80. The molecule has 0 spiro atoms. The standard InChI is InChI=1S/C11H16N2O/c1-13(2)11-5-3-10(4-6-11)9-12-7-8-14/h3-6,9,14H,7-8H2,1-2H3. The minimum Gasteiger partial charge on any atom is -0.394 e. The van der Waals surface area contributed by atoms with E-state index in [1.807, 2.05) is 38.4 Å². The minimum absolute atomic E-state index is 0.103. The molecule has 0 bridgehead atoms. The van der Waals surface area contributed by atoms with Crippen molar-refractivity contribution in [2.24, 2.45) is 4.99 Å². The second-order valence-corrected chi connectivity index (χ2v) is 3.24. The fourth-order valence-corrected chi connectivity index (χ4v) is 1.09. The summed E-state index contributed by atoms with van der Waals surface area (Å²) in [5, 5.41) is 8.54. The zero-order valence-electron chi connectivity index (χ0n) is 8.64. The van der Waals surface area contributed by atoms with Crippen molar-refractivity contribution in [2.45, 2.75) is 0 Å². The van der Waals surface area contributed by atoms with Gasteiger partial charge in [0.1, 0.15) is 0 Å². The van der Waals surface area contributed by atoms with Crippen LogP contribution in [0.5, 0.6) is 0 Å². The number of aliphatic hydroxyl groups excluding tert-OH is 1. The van der Waals surface area contributed by atoms with Crippen LogP contribution in [0.25, 0.3) is 0 Å². The highest BCUT2D eigenvalue weighted by Crippen LogP contribution is 2.10. The van der Waals surface area contributed by atoms with Crippen molar-refractivity contribution < 1.29 is 5.11 Å². The van der Waals surface area contributed by atoms with Crippen LogP contribution in [0, 0.1) is 0 Å². The van der Waals surface area contributed by atoms with Crippen molar-refractivity contribution in [1.29, 1.82) is 0 Å². The Bertz CT molecular complexity index is 291. The Labute approximate surface area is 84.7 Å². The Balaban J connectivity index is 2.64. The number of anilines is 1. The first kappa shape index (κ1) is 10.7. The normalized spacial score (nSPS) is 10.8. The van der Waals surface area contributed by atoms with Gasteiger partial charge in [-0.2, -0.15) is 0 Å². The Hall–Kier alpha value is -1.35. The van der Waals surface area contributed by atoms with Gasteiger partial charge in [0.2, 0.25) is 0 Å². The van der Waals surface area contributed by atoms with Crippen LogP contribution in [0.15, 0.2) is 29.3 Å². The summed E-state index contributed by atoms with van der Waals surface area (Å²) in [6.07, 6.45) is 1.77. The summed E-state index contributed by atoms with van der Waals surface area (Å²) in [6.45, 7) is 0.571. The largest absolute Gasteiger partial charge is 0.394 e. The van der Waals surface area contributed by atoms with Crippen LogP contribution < -0.4 is 4.90 Å². The Kier molecular flexibility index (Phi) is 4.13. The quantitative estimate of drug-likeness (QED) is 0.727. The Morgan fingerprint density at radius 2 is 1.93 bits per heavy atom. The highest BCUT2D eigenvalue weighted by Gasteiger charge is 1.93. The van der Waals surface area contributed by atoms with Gasteiger partial charge in [0, 0.05) is 26.0 Å². The van der Waals surface area contributed by atoms with E-state index in [0.717, 1.165) is 5.56 Å². The van der Waals surface area contributed by atoms with Gasteiger partial charge in [0.15, 0.2) is 0 Å². The summed E-state index contributed by atoms with van der Waals surface area (Å²) >= 11 is 0. The van der Waals surface area contributed by atoms with Crippen molar-refractivity contribution in [3.05, 3.63) is 29.8 Å². The van der Waals surface area contributed by atoms with Gasteiger partial charge in [-0.1, -0.05) is 12.1 Å². The molecule has 0 aliphatic heterocycles. The van der Waals surface area contributed by atoms with E-state index in [9.17, 15) is 0 Å². The minimum atomic E-state index is 0.103. The molecule has 1 N–H and O–H groups in total. The summed E-state index contributed by atoms with van der Waals surface area (Å²) in [5.41, 5.74) is 2.23. The molecule has 0 atom stereocenters. The van der Waals surface area contributed by atoms with E-state index < -0.39 is 0 Å². The van der Waals surface area contributed by atoms with Crippen molar-refractivity contribution in [3.8, 4) is 0 Å². The van der Waals surface area contributed by atoms with Crippen LogP contribution in [-0.4, -0.2) is 38.6 Å². The molecular weight excluding hydrogens is 176 g/mol. The fraction of sp³-hybridized carbons (Fsp3) is 0.364. The van der Waals surface area contributed by atoms with Crippen LogP contribution in [0.2, 0.25) is 0 Å². The lowest BCUT2D eigenvalue weighted by Gasteiger charge is -2.11. The molecule has 1 aromatic rings. The number of rotatable bonds is 4. The zero-order valence-corrected chi connectivity index (χ0v) is 8.64. The average molecular weight is 192 g/mol. The van der Waals surface area contributed by atoms with Gasteiger partial charge in [-0.15, -0.1) is 0 Å². The molecule has 0 saturated carbocycles. The summed E-state index contributed by atoms with van der Waals surface area (Å²) < 4.78 is 0. The maximum Gasteiger partial charge on any atom is 0.0626 e. The number of hydrogen-bond donors (Lipinski definition) is 1. The summed E-state index contributed by atoms with van der Waals surface area (Å²) in [7, 11) is 4.02. The molecule has 0 aromatic heterocycles. The summed E-state index contributed by atoms with van der Waals surface area (Å²) in [5.74, 6) is 0. The number of aliphatic hydroxyl groups is 1. The third-order valence-corrected chi connectivity index (χ3v) is 1.88. The van der Waals surface area contributed by atoms with Crippen molar-refractivity contribution in [2.75, 3.05) is 32.1 Å². The topological polar surface area (TPSA) is 35.8 Å². The molecule has 1 rings (SSSR count). The van der Waals surface area contributed by atoms with Crippen molar-refractivity contribution >= 4 is 11.9 Å². The predicted molar refractivity (Wildman–Crippen MR) is 60.3 cm³/mol. The van der Waals surface area contributed by atoms with Crippen LogP contribution in [0.3, 0.4) is 0 Å². The Morgan fingerprint density at radius 3 is 2.43 bits per heavy atom. The average Bonchev–Trinajstić information content (AvgIpc) is 2.19. The van der Waals surface area contributed by atoms with Gasteiger partial charge >= 0.3 is 0 Å². The molecule has 0 radical (unpaired) electrons. The van der Waals surface area contributed by atoms with E-state index in [-0.39, 0.29) is 6.61 Å². The van der Waals surface area contributed by atoms with Crippen LogP contribution in [0.1, 0.15) is 5.56 Å². The van der Waals surface area contributed by atoms with Gasteiger partial charge in [-0.3, -0.25) is 4.99 Å². The number of benzene rings is 1. The molecule has 0 aliphatic carbocycles. The first-order chi connectivity index (χ1) is 6.74. The van der Waals surface area contributed by atoms with Gasteiger partial charge in [-0.05, 0) is 17.7 Å². The molecule has 0 amide bonds. The maximum absolute atomic E-state index is 8.54. The molecule has 14 heavy (non-hydrogen) atoms. The second-order valence-electron chi connectivity index (χ2n) is 3.24. The highest BCUT2D eigenvalue weighted by atomic mass is 16.3. The number of hydrogen-bond acceptors (Lipinski definition) is 3. The molecule has 0 heterocycles. The molecule has 76 valence electrons. The predicted octanol–water partition coefficient (Wildman–Crippen LogP) is 1.16. The first-order valence-electron chi connectivity index (χ1n) is 4.62. The number of aliphatic imine (C=N–C) groups is 1. The van der Waals surface area contributed by atoms with Crippen LogP contribution in [0.4, 0.5) is 5.69 Å². The lowest BCUT2D eigenvalue weighted by molar-refractivity contribution is 0.307. The van der Waals surface area contributed by atoms with Gasteiger partial charge in [-0.25, -0.2) is 0 Å². The number of nitrogens with zero attached hydrogens (tertiary/aromatic N) is 2. The zero-order chi connectivity index (χ0) is 10.4. The van der Waals surface area contributed by atoms with Crippen LogP contribution in [-0.2, 0) is 0 Å².